The quantitative estimate of drug-likeness (QED) is 0.167. The molecule has 2 heterocycles. The fraction of sp³-hybridized carbons (Fsp3) is 0.0175. The van der Waals surface area contributed by atoms with Crippen LogP contribution in [0.15, 0.2) is 179 Å². The van der Waals surface area contributed by atoms with Crippen molar-refractivity contribution in [2.45, 2.75) is 6.92 Å². The molecule has 0 aliphatic carbocycles. The normalized spacial score (nSPS) is 12.7. The molecule has 0 amide bonds. The zero-order valence-electron chi connectivity index (χ0n) is 32.3. The van der Waals surface area contributed by atoms with Gasteiger partial charge in [0.1, 0.15) is 22.3 Å². The Labute approximate surface area is 338 Å². The molecular formula is C57H34O2. The van der Waals surface area contributed by atoms with Crippen LogP contribution in [0, 0.1) is 0 Å². The van der Waals surface area contributed by atoms with Crippen molar-refractivity contribution in [3.05, 3.63) is 181 Å². The van der Waals surface area contributed by atoms with Crippen molar-refractivity contribution >= 4 is 110 Å². The van der Waals surface area contributed by atoms with Crippen LogP contribution in [0.2, 0.25) is 0 Å². The van der Waals surface area contributed by atoms with Crippen LogP contribution in [0.25, 0.3) is 143 Å². The molecule has 0 radical (unpaired) electrons. The van der Waals surface area contributed by atoms with Gasteiger partial charge in [0.25, 0.3) is 0 Å². The highest BCUT2D eigenvalue weighted by atomic mass is 16.3. The van der Waals surface area contributed by atoms with Crippen molar-refractivity contribution in [3.8, 4) is 33.4 Å². The van der Waals surface area contributed by atoms with Crippen molar-refractivity contribution in [1.29, 1.82) is 0 Å². The summed E-state index contributed by atoms with van der Waals surface area (Å²) in [6.45, 7) is 6.23. The van der Waals surface area contributed by atoms with E-state index in [1.54, 1.807) is 0 Å². The van der Waals surface area contributed by atoms with Crippen LogP contribution in [0.3, 0.4) is 0 Å². The number of rotatable bonds is 4. The smallest absolute Gasteiger partial charge is 0.135 e. The molecule has 0 N–H and O–H groups in total. The second-order valence-corrected chi connectivity index (χ2v) is 16.0. The average molecular weight is 751 g/mol. The Balaban J connectivity index is 0.927. The first-order chi connectivity index (χ1) is 29.1. The molecule has 11 aromatic carbocycles. The van der Waals surface area contributed by atoms with Crippen LogP contribution in [0.4, 0.5) is 0 Å². The van der Waals surface area contributed by atoms with Gasteiger partial charge < -0.3 is 8.83 Å². The lowest BCUT2D eigenvalue weighted by molar-refractivity contribution is 0.668. The number of hydrogen-bond acceptors (Lipinski definition) is 2. The molecule has 0 saturated carbocycles. The topological polar surface area (TPSA) is 26.3 Å². The molecule has 0 unspecified atom stereocenters. The van der Waals surface area contributed by atoms with E-state index in [4.69, 9.17) is 8.83 Å². The highest BCUT2D eigenvalue weighted by molar-refractivity contribution is 6.24. The Morgan fingerprint density at radius 3 is 1.42 bits per heavy atom. The van der Waals surface area contributed by atoms with Crippen molar-refractivity contribution in [1.82, 2.24) is 0 Å². The summed E-state index contributed by atoms with van der Waals surface area (Å²) in [5.41, 5.74) is 11.7. The number of hydrogen-bond donors (Lipinski definition) is 0. The maximum Gasteiger partial charge on any atom is 0.135 e. The predicted octanol–water partition coefficient (Wildman–Crippen LogP) is 15.9. The molecule has 0 spiro atoms. The molecule has 0 fully saturated rings. The van der Waals surface area contributed by atoms with E-state index < -0.39 is 0 Å². The molecule has 274 valence electrons. The second-order valence-electron chi connectivity index (χ2n) is 16.0. The standard InChI is InChI=1S/C57H34O2/c1-3-32-8-9-36-15-20-44(45-21-14-33(4-2)54(32)57(36)45)40-19-25-53-49(31-40)47-29-38(17-23-51(47)59-53)37-16-22-50-46(28-37)48-30-39(18-24-52(48)58-50)43-26-41-12-10-34-6-5-7-35-11-13-42(27-43)56(41)55(34)35/h3-31H,2H2,1H3/b32-3-. The van der Waals surface area contributed by atoms with Gasteiger partial charge in [0.2, 0.25) is 0 Å². The molecular weight excluding hydrogens is 717 g/mol. The van der Waals surface area contributed by atoms with Crippen molar-refractivity contribution in [3.63, 3.8) is 0 Å². The van der Waals surface area contributed by atoms with E-state index in [1.165, 1.54) is 75.8 Å². The van der Waals surface area contributed by atoms with Gasteiger partial charge in [-0.25, -0.2) is 0 Å². The minimum atomic E-state index is 0.879. The third kappa shape index (κ3) is 4.63. The largest absolute Gasteiger partial charge is 0.456 e. The maximum atomic E-state index is 6.44. The van der Waals surface area contributed by atoms with E-state index in [9.17, 15) is 0 Å². The lowest BCUT2D eigenvalue weighted by Gasteiger charge is -2.14. The molecule has 0 aliphatic rings. The molecule has 2 heteroatoms. The summed E-state index contributed by atoms with van der Waals surface area (Å²) in [6, 6.07) is 60.0. The minimum absolute atomic E-state index is 0.879. The zero-order chi connectivity index (χ0) is 38.9. The van der Waals surface area contributed by atoms with Gasteiger partial charge in [0, 0.05) is 21.5 Å². The van der Waals surface area contributed by atoms with Crippen LogP contribution in [-0.2, 0) is 0 Å². The Morgan fingerprint density at radius 1 is 0.373 bits per heavy atom. The first-order valence-electron chi connectivity index (χ1n) is 20.3. The number of furan rings is 2. The van der Waals surface area contributed by atoms with Crippen molar-refractivity contribution in [2.24, 2.45) is 0 Å². The second kappa shape index (κ2) is 11.9. The van der Waals surface area contributed by atoms with Crippen LogP contribution in [0.5, 0.6) is 0 Å². The maximum absolute atomic E-state index is 6.44. The molecule has 0 aliphatic heterocycles. The van der Waals surface area contributed by atoms with E-state index >= 15 is 0 Å². The first-order valence-corrected chi connectivity index (χ1v) is 20.3. The van der Waals surface area contributed by atoms with E-state index in [2.05, 4.69) is 183 Å². The van der Waals surface area contributed by atoms with Gasteiger partial charge in [0.05, 0.1) is 0 Å². The van der Waals surface area contributed by atoms with E-state index in [0.717, 1.165) is 66.1 Å². The molecule has 13 rings (SSSR count). The third-order valence-electron chi connectivity index (χ3n) is 12.9. The summed E-state index contributed by atoms with van der Waals surface area (Å²) < 4.78 is 12.9. The van der Waals surface area contributed by atoms with Crippen LogP contribution >= 0.6 is 0 Å². The van der Waals surface area contributed by atoms with E-state index in [0.29, 0.717) is 0 Å². The van der Waals surface area contributed by atoms with Gasteiger partial charge in [-0.15, -0.1) is 0 Å². The van der Waals surface area contributed by atoms with Gasteiger partial charge >= 0.3 is 0 Å². The molecule has 2 nitrogen and oxygen atoms in total. The van der Waals surface area contributed by atoms with E-state index in [1.807, 2.05) is 6.08 Å². The Hall–Kier alpha value is -7.68. The predicted molar refractivity (Wildman–Crippen MR) is 251 cm³/mol. The average Bonchev–Trinajstić information content (AvgIpc) is 3.85. The van der Waals surface area contributed by atoms with Gasteiger partial charge in [-0.05, 0) is 166 Å². The third-order valence-corrected chi connectivity index (χ3v) is 12.9. The lowest BCUT2D eigenvalue weighted by atomic mass is 9.90. The van der Waals surface area contributed by atoms with Gasteiger partial charge in [-0.1, -0.05) is 122 Å². The molecule has 2 aromatic heterocycles. The summed E-state index contributed by atoms with van der Waals surface area (Å²) in [7, 11) is 0. The van der Waals surface area contributed by atoms with Gasteiger partial charge in [0.15, 0.2) is 0 Å². The Kier molecular flexibility index (Phi) is 6.55. The molecule has 13 aromatic rings. The van der Waals surface area contributed by atoms with Crippen molar-refractivity contribution in [2.75, 3.05) is 0 Å². The van der Waals surface area contributed by atoms with E-state index in [-0.39, 0.29) is 0 Å². The van der Waals surface area contributed by atoms with Gasteiger partial charge in [-0.3, -0.25) is 0 Å². The zero-order valence-corrected chi connectivity index (χ0v) is 32.3. The molecule has 0 saturated heterocycles. The number of fused-ring (bicyclic) bond motifs is 6. The SMILES string of the molecule is C=Cc1ccc2c(-c3ccc4oc5ccc(-c6ccc7oc8ccc(-c9cc%10ccc%11cccc%12ccc(c9)c%10c%11%12)cc8c7c6)cc5c4c3)ccc3cc/c(=C/C)c1c32. The van der Waals surface area contributed by atoms with Gasteiger partial charge in [-0.2, -0.15) is 0 Å². The summed E-state index contributed by atoms with van der Waals surface area (Å²) in [5.74, 6) is 0. The Bertz CT molecular complexity index is 3920. The van der Waals surface area contributed by atoms with Crippen LogP contribution in [0.1, 0.15) is 12.5 Å². The molecule has 0 bridgehead atoms. The van der Waals surface area contributed by atoms with Crippen molar-refractivity contribution < 1.29 is 8.83 Å². The summed E-state index contributed by atoms with van der Waals surface area (Å²) in [6.07, 6.45) is 4.15. The van der Waals surface area contributed by atoms with Crippen LogP contribution in [-0.4, -0.2) is 0 Å². The first kappa shape index (κ1) is 32.4. The monoisotopic (exact) mass is 750 g/mol. The minimum Gasteiger partial charge on any atom is -0.456 e. The fourth-order valence-corrected chi connectivity index (χ4v) is 10.0. The summed E-state index contributed by atoms with van der Waals surface area (Å²) in [5, 5.41) is 18.4. The van der Waals surface area contributed by atoms with Crippen LogP contribution < -0.4 is 5.22 Å². The highest BCUT2D eigenvalue weighted by Gasteiger charge is 2.17. The molecule has 59 heavy (non-hydrogen) atoms. The number of benzene rings is 11. The lowest BCUT2D eigenvalue weighted by Crippen LogP contribution is -2.03. The highest BCUT2D eigenvalue weighted by Crippen LogP contribution is 2.42. The fourth-order valence-electron chi connectivity index (χ4n) is 10.0. The summed E-state index contributed by atoms with van der Waals surface area (Å²) in [4.78, 5) is 0. The Morgan fingerprint density at radius 2 is 0.847 bits per heavy atom. The molecule has 0 atom stereocenters. The summed E-state index contributed by atoms with van der Waals surface area (Å²) >= 11 is 0.